The summed E-state index contributed by atoms with van der Waals surface area (Å²) in [6, 6.07) is 0.381. The maximum atomic E-state index is 5.62. The van der Waals surface area contributed by atoms with Crippen LogP contribution in [0.3, 0.4) is 0 Å². The molecule has 0 spiro atoms. The minimum Gasteiger partial charge on any atom is -0.367 e. The first kappa shape index (κ1) is 8.43. The summed E-state index contributed by atoms with van der Waals surface area (Å²) >= 11 is 0. The van der Waals surface area contributed by atoms with Crippen LogP contribution >= 0.6 is 0 Å². The summed E-state index contributed by atoms with van der Waals surface area (Å²) in [6.45, 7) is 2.17. The van der Waals surface area contributed by atoms with Crippen LogP contribution in [-0.4, -0.2) is 45.2 Å². The van der Waals surface area contributed by atoms with E-state index in [0.717, 1.165) is 25.9 Å². The summed E-state index contributed by atoms with van der Waals surface area (Å²) in [4.78, 5) is 2.30. The molecule has 0 bridgehead atoms. The molecule has 6 nitrogen and oxygen atoms in total. The van der Waals surface area contributed by atoms with Gasteiger partial charge in [0.2, 0.25) is 5.95 Å². The summed E-state index contributed by atoms with van der Waals surface area (Å²) in [6.07, 6.45) is 2.15. The highest BCUT2D eigenvalue weighted by Gasteiger charge is 2.20. The van der Waals surface area contributed by atoms with Gasteiger partial charge in [-0.1, -0.05) is 5.10 Å². The molecule has 6 heteroatoms. The molecule has 72 valence electrons. The second-order valence-electron chi connectivity index (χ2n) is 3.52. The average molecular weight is 182 g/mol. The van der Waals surface area contributed by atoms with Crippen LogP contribution in [-0.2, 0) is 0 Å². The molecule has 1 saturated heterocycles. The number of anilines is 1. The van der Waals surface area contributed by atoms with Crippen molar-refractivity contribution in [3.05, 3.63) is 0 Å². The topological polar surface area (TPSA) is 72.9 Å². The number of tetrazole rings is 1. The molecule has 2 N–H and O–H groups in total. The second kappa shape index (κ2) is 3.29. The zero-order valence-electron chi connectivity index (χ0n) is 7.72. The molecular formula is C7H14N6. The number of rotatable bonds is 1. The third-order valence-corrected chi connectivity index (χ3v) is 2.55. The normalized spacial score (nSPS) is 20.7. The van der Waals surface area contributed by atoms with E-state index in [-0.39, 0.29) is 0 Å². The van der Waals surface area contributed by atoms with E-state index in [1.807, 2.05) is 0 Å². The van der Waals surface area contributed by atoms with Crippen LogP contribution < -0.4 is 5.73 Å². The molecule has 1 aliphatic heterocycles. The quantitative estimate of drug-likeness (QED) is 0.635. The first-order valence-electron chi connectivity index (χ1n) is 4.49. The van der Waals surface area contributed by atoms with Crippen molar-refractivity contribution in [2.75, 3.05) is 25.9 Å². The van der Waals surface area contributed by atoms with E-state index in [2.05, 4.69) is 27.5 Å². The highest BCUT2D eigenvalue weighted by atomic mass is 15.6. The molecule has 0 saturated carbocycles. The molecule has 2 rings (SSSR count). The van der Waals surface area contributed by atoms with Crippen molar-refractivity contribution in [2.45, 2.75) is 18.9 Å². The lowest BCUT2D eigenvalue weighted by Crippen LogP contribution is -2.32. The van der Waals surface area contributed by atoms with Gasteiger partial charge in [-0.3, -0.25) is 0 Å². The fraction of sp³-hybridized carbons (Fsp3) is 0.857. The molecule has 0 aromatic carbocycles. The van der Waals surface area contributed by atoms with Gasteiger partial charge >= 0.3 is 0 Å². The smallest absolute Gasteiger partial charge is 0.240 e. The van der Waals surface area contributed by atoms with Crippen LogP contribution in [0.4, 0.5) is 5.95 Å². The molecular weight excluding hydrogens is 168 g/mol. The van der Waals surface area contributed by atoms with Crippen molar-refractivity contribution in [3.63, 3.8) is 0 Å². The minimum absolute atomic E-state index is 0.381. The molecule has 0 aliphatic carbocycles. The molecule has 1 fully saturated rings. The highest BCUT2D eigenvalue weighted by Crippen LogP contribution is 2.21. The van der Waals surface area contributed by atoms with Crippen molar-refractivity contribution in [3.8, 4) is 0 Å². The van der Waals surface area contributed by atoms with E-state index in [9.17, 15) is 0 Å². The van der Waals surface area contributed by atoms with Gasteiger partial charge in [0.25, 0.3) is 0 Å². The lowest BCUT2D eigenvalue weighted by Gasteiger charge is -2.28. The Kier molecular flexibility index (Phi) is 2.13. The number of piperidine rings is 1. The van der Waals surface area contributed by atoms with Gasteiger partial charge in [0.15, 0.2) is 0 Å². The number of hydrogen-bond donors (Lipinski definition) is 1. The lowest BCUT2D eigenvalue weighted by atomic mass is 10.1. The number of hydrogen-bond acceptors (Lipinski definition) is 5. The lowest BCUT2D eigenvalue weighted by molar-refractivity contribution is 0.212. The maximum Gasteiger partial charge on any atom is 0.240 e. The summed E-state index contributed by atoms with van der Waals surface area (Å²) in [7, 11) is 2.12. The Bertz CT molecular complexity index is 274. The Morgan fingerprint density at radius 2 is 2.08 bits per heavy atom. The van der Waals surface area contributed by atoms with Crippen LogP contribution in [0.2, 0.25) is 0 Å². The Hall–Kier alpha value is -1.17. The fourth-order valence-electron chi connectivity index (χ4n) is 1.70. The number of nitrogens with two attached hydrogens (primary N) is 1. The summed E-state index contributed by atoms with van der Waals surface area (Å²) in [5, 5.41) is 11.1. The molecule has 1 aromatic rings. The van der Waals surface area contributed by atoms with Gasteiger partial charge < -0.3 is 10.6 Å². The van der Waals surface area contributed by atoms with Crippen LogP contribution in [0.5, 0.6) is 0 Å². The van der Waals surface area contributed by atoms with E-state index >= 15 is 0 Å². The van der Waals surface area contributed by atoms with Crippen LogP contribution in [0.1, 0.15) is 18.9 Å². The third kappa shape index (κ3) is 1.62. The van der Waals surface area contributed by atoms with Crippen molar-refractivity contribution in [2.24, 2.45) is 0 Å². The highest BCUT2D eigenvalue weighted by molar-refractivity contribution is 5.11. The van der Waals surface area contributed by atoms with E-state index in [1.165, 1.54) is 0 Å². The van der Waals surface area contributed by atoms with Crippen LogP contribution in [0.15, 0.2) is 0 Å². The largest absolute Gasteiger partial charge is 0.367 e. The molecule has 0 radical (unpaired) electrons. The molecule has 0 unspecified atom stereocenters. The van der Waals surface area contributed by atoms with Crippen molar-refractivity contribution >= 4 is 5.95 Å². The Labute approximate surface area is 76.7 Å². The predicted molar refractivity (Wildman–Crippen MR) is 48.0 cm³/mol. The maximum absolute atomic E-state index is 5.62. The molecule has 0 amide bonds. The number of nitrogens with zero attached hydrogens (tertiary/aromatic N) is 5. The van der Waals surface area contributed by atoms with Gasteiger partial charge in [-0.15, -0.1) is 0 Å². The molecule has 2 heterocycles. The molecule has 0 atom stereocenters. The van der Waals surface area contributed by atoms with Gasteiger partial charge in [0.05, 0.1) is 6.04 Å². The zero-order chi connectivity index (χ0) is 9.26. The van der Waals surface area contributed by atoms with E-state index < -0.39 is 0 Å². The van der Waals surface area contributed by atoms with E-state index in [1.54, 1.807) is 4.68 Å². The van der Waals surface area contributed by atoms with E-state index in [0.29, 0.717) is 12.0 Å². The van der Waals surface area contributed by atoms with Gasteiger partial charge in [-0.2, -0.15) is 0 Å². The number of aromatic nitrogens is 4. The Morgan fingerprint density at radius 1 is 1.38 bits per heavy atom. The van der Waals surface area contributed by atoms with Gasteiger partial charge in [0.1, 0.15) is 0 Å². The predicted octanol–water partition coefficient (Wildman–Crippen LogP) is -0.478. The molecule has 13 heavy (non-hydrogen) atoms. The fourth-order valence-corrected chi connectivity index (χ4v) is 1.70. The first-order valence-corrected chi connectivity index (χ1v) is 4.49. The second-order valence-corrected chi connectivity index (χ2v) is 3.52. The molecule has 1 aromatic heterocycles. The first-order chi connectivity index (χ1) is 6.27. The zero-order valence-corrected chi connectivity index (χ0v) is 7.72. The van der Waals surface area contributed by atoms with Crippen molar-refractivity contribution in [1.82, 2.24) is 25.1 Å². The summed E-state index contributed by atoms with van der Waals surface area (Å²) in [5.74, 6) is 0.426. The van der Waals surface area contributed by atoms with Crippen molar-refractivity contribution < 1.29 is 0 Å². The molecule has 1 aliphatic rings. The van der Waals surface area contributed by atoms with Gasteiger partial charge in [-0.25, -0.2) is 4.68 Å². The SMILES string of the molecule is CN1CCC(n2nnnc2N)CC1. The standard InChI is InChI=1S/C7H14N6/c1-12-4-2-6(3-5-12)13-7(8)9-10-11-13/h6H,2-5H2,1H3,(H2,8,9,11). The van der Waals surface area contributed by atoms with Crippen LogP contribution in [0, 0.1) is 0 Å². The third-order valence-electron chi connectivity index (χ3n) is 2.55. The number of nitrogen functional groups attached to an aromatic ring is 1. The summed E-state index contributed by atoms with van der Waals surface area (Å²) in [5.41, 5.74) is 5.62. The average Bonchev–Trinajstić information content (AvgIpc) is 2.53. The Morgan fingerprint density at radius 3 is 2.62 bits per heavy atom. The van der Waals surface area contributed by atoms with Crippen LogP contribution in [0.25, 0.3) is 0 Å². The van der Waals surface area contributed by atoms with Gasteiger partial charge in [-0.05, 0) is 43.4 Å². The monoisotopic (exact) mass is 182 g/mol. The van der Waals surface area contributed by atoms with Crippen molar-refractivity contribution in [1.29, 1.82) is 0 Å². The van der Waals surface area contributed by atoms with Gasteiger partial charge in [0, 0.05) is 0 Å². The van der Waals surface area contributed by atoms with E-state index in [4.69, 9.17) is 5.73 Å². The Balaban J connectivity index is 2.06. The minimum atomic E-state index is 0.381. The summed E-state index contributed by atoms with van der Waals surface area (Å²) < 4.78 is 1.73. The number of likely N-dealkylation sites (tertiary alicyclic amines) is 1.